The number of benzene rings is 2. The summed E-state index contributed by atoms with van der Waals surface area (Å²) in [6, 6.07) is 10.6. The highest BCUT2D eigenvalue weighted by Gasteiger charge is 2.20. The Morgan fingerprint density at radius 2 is 1.76 bits per heavy atom. The highest BCUT2D eigenvalue weighted by molar-refractivity contribution is 5.97. The van der Waals surface area contributed by atoms with Crippen molar-refractivity contribution in [3.8, 4) is 11.5 Å². The van der Waals surface area contributed by atoms with Gasteiger partial charge in [0.2, 0.25) is 5.91 Å². The van der Waals surface area contributed by atoms with E-state index < -0.39 is 23.8 Å². The Bertz CT molecular complexity index is 1000. The van der Waals surface area contributed by atoms with E-state index in [9.17, 15) is 19.5 Å². The molecule has 1 atom stereocenters. The standard InChI is InChI=1S/C23H29N5O6/c1-3-33-18-9-16(10-19(11-18)34-4-2)20(12-22(30)31)28-21(29)13-25-23(32)15-6-5-7-17(8-15)26-14-27-24/h5-11,14,20H,3-4,12-13,24H2,1-2H3,(H,25,32)(H,26,27)(H,28,29)(H,30,31). The van der Waals surface area contributed by atoms with Crippen molar-refractivity contribution < 1.29 is 29.0 Å². The first-order chi connectivity index (χ1) is 16.4. The molecule has 11 heteroatoms. The molecule has 0 spiro atoms. The number of nitrogens with one attached hydrogen (secondary N) is 3. The number of carbonyl (C=O) groups excluding carboxylic acids is 2. The number of carboxylic acid groups (broad SMARTS) is 1. The quantitative estimate of drug-likeness (QED) is 0.127. The van der Waals surface area contributed by atoms with Crippen LogP contribution in [0.3, 0.4) is 0 Å². The Kier molecular flexibility index (Phi) is 10.3. The van der Waals surface area contributed by atoms with Gasteiger partial charge in [-0.3, -0.25) is 14.4 Å². The average molecular weight is 472 g/mol. The minimum absolute atomic E-state index is 0.298. The molecular formula is C23H29N5O6. The molecule has 182 valence electrons. The lowest BCUT2D eigenvalue weighted by Gasteiger charge is -2.20. The lowest BCUT2D eigenvalue weighted by Crippen LogP contribution is -2.39. The monoisotopic (exact) mass is 471 g/mol. The Morgan fingerprint density at radius 1 is 1.09 bits per heavy atom. The highest BCUT2D eigenvalue weighted by Crippen LogP contribution is 2.28. The summed E-state index contributed by atoms with van der Waals surface area (Å²) in [7, 11) is 0. The molecule has 2 aromatic rings. The van der Waals surface area contributed by atoms with Gasteiger partial charge in [-0.2, -0.15) is 0 Å². The number of hydrogen-bond donors (Lipinski definition) is 5. The molecule has 0 saturated carbocycles. The summed E-state index contributed by atoms with van der Waals surface area (Å²) in [6.45, 7) is 4.11. The van der Waals surface area contributed by atoms with E-state index in [4.69, 9.17) is 15.3 Å². The van der Waals surface area contributed by atoms with Gasteiger partial charge in [0.05, 0.1) is 37.9 Å². The Labute approximate surface area is 197 Å². The second-order valence-corrected chi connectivity index (χ2v) is 6.98. The van der Waals surface area contributed by atoms with Gasteiger partial charge in [-0.25, -0.2) is 10.8 Å². The maximum atomic E-state index is 12.5. The van der Waals surface area contributed by atoms with Crippen molar-refractivity contribution in [1.82, 2.24) is 16.1 Å². The molecule has 0 aliphatic heterocycles. The third kappa shape index (κ3) is 8.43. The van der Waals surface area contributed by atoms with Gasteiger partial charge in [0.1, 0.15) is 17.8 Å². The number of rotatable bonds is 13. The molecule has 11 nitrogen and oxygen atoms in total. The molecule has 0 heterocycles. The average Bonchev–Trinajstić information content (AvgIpc) is 2.81. The molecule has 0 aromatic heterocycles. The molecule has 2 amide bonds. The number of hydrazine groups is 1. The van der Waals surface area contributed by atoms with E-state index in [0.29, 0.717) is 41.5 Å². The molecule has 2 rings (SSSR count). The Morgan fingerprint density at radius 3 is 2.35 bits per heavy atom. The predicted octanol–water partition coefficient (Wildman–Crippen LogP) is 1.67. The van der Waals surface area contributed by atoms with Crippen molar-refractivity contribution >= 4 is 29.8 Å². The first-order valence-electron chi connectivity index (χ1n) is 10.6. The molecule has 2 aromatic carbocycles. The largest absolute Gasteiger partial charge is 0.494 e. The molecule has 0 aliphatic rings. The maximum absolute atomic E-state index is 12.5. The molecule has 0 bridgehead atoms. The summed E-state index contributed by atoms with van der Waals surface area (Å²) >= 11 is 0. The van der Waals surface area contributed by atoms with Crippen LogP contribution in [0.4, 0.5) is 5.69 Å². The third-order valence-corrected chi connectivity index (χ3v) is 4.45. The van der Waals surface area contributed by atoms with Crippen LogP contribution in [0.1, 0.15) is 42.2 Å². The molecule has 1 unspecified atom stereocenters. The number of carboxylic acids is 1. The van der Waals surface area contributed by atoms with E-state index in [-0.39, 0.29) is 13.0 Å². The maximum Gasteiger partial charge on any atom is 0.305 e. The molecule has 34 heavy (non-hydrogen) atoms. The topological polar surface area (TPSA) is 164 Å². The number of nitrogens with zero attached hydrogens (tertiary/aromatic N) is 1. The fraction of sp³-hybridized carbons (Fsp3) is 0.304. The molecule has 0 saturated heterocycles. The van der Waals surface area contributed by atoms with Gasteiger partial charge >= 0.3 is 5.97 Å². The summed E-state index contributed by atoms with van der Waals surface area (Å²) in [6.07, 6.45) is 0.903. The lowest BCUT2D eigenvalue weighted by molar-refractivity contribution is -0.137. The summed E-state index contributed by atoms with van der Waals surface area (Å²) in [5.41, 5.74) is 3.57. The van der Waals surface area contributed by atoms with Crippen LogP contribution >= 0.6 is 0 Å². The van der Waals surface area contributed by atoms with Gasteiger partial charge in [0, 0.05) is 11.6 Å². The number of aliphatic imine (C=N–C) groups is 1. The molecule has 0 aliphatic carbocycles. The Hall–Kier alpha value is -4.12. The first kappa shape index (κ1) is 26.1. The van der Waals surface area contributed by atoms with Crippen LogP contribution in [0.15, 0.2) is 47.5 Å². The smallest absolute Gasteiger partial charge is 0.305 e. The number of hydrogen-bond acceptors (Lipinski definition) is 7. The van der Waals surface area contributed by atoms with Crippen LogP contribution in [0.5, 0.6) is 11.5 Å². The van der Waals surface area contributed by atoms with Crippen molar-refractivity contribution in [3.63, 3.8) is 0 Å². The van der Waals surface area contributed by atoms with E-state index in [1.807, 2.05) is 13.8 Å². The van der Waals surface area contributed by atoms with Gasteiger partial charge in [-0.1, -0.05) is 6.07 Å². The normalized spacial score (nSPS) is 11.5. The van der Waals surface area contributed by atoms with E-state index in [1.54, 1.807) is 36.4 Å². The van der Waals surface area contributed by atoms with Crippen molar-refractivity contribution in [3.05, 3.63) is 53.6 Å². The lowest BCUT2D eigenvalue weighted by atomic mass is 10.0. The van der Waals surface area contributed by atoms with Gasteiger partial charge in [0.25, 0.3) is 5.91 Å². The van der Waals surface area contributed by atoms with E-state index in [1.165, 1.54) is 12.4 Å². The van der Waals surface area contributed by atoms with Crippen LogP contribution in [-0.2, 0) is 9.59 Å². The van der Waals surface area contributed by atoms with E-state index >= 15 is 0 Å². The van der Waals surface area contributed by atoms with Crippen LogP contribution in [0, 0.1) is 0 Å². The van der Waals surface area contributed by atoms with Crippen LogP contribution in [0.25, 0.3) is 0 Å². The van der Waals surface area contributed by atoms with Crippen molar-refractivity contribution in [2.45, 2.75) is 26.3 Å². The minimum atomic E-state index is -1.10. The first-order valence-corrected chi connectivity index (χ1v) is 10.6. The highest BCUT2D eigenvalue weighted by atomic mass is 16.5. The third-order valence-electron chi connectivity index (χ3n) is 4.45. The fourth-order valence-corrected chi connectivity index (χ4v) is 3.07. The molecule has 0 fully saturated rings. The summed E-state index contributed by atoms with van der Waals surface area (Å²) < 4.78 is 11.1. The number of amides is 2. The second-order valence-electron chi connectivity index (χ2n) is 6.98. The zero-order valence-corrected chi connectivity index (χ0v) is 19.0. The summed E-state index contributed by atoms with van der Waals surface area (Å²) in [5.74, 6) is 3.99. The van der Waals surface area contributed by atoms with Crippen molar-refractivity contribution in [1.29, 1.82) is 0 Å². The van der Waals surface area contributed by atoms with Gasteiger partial charge < -0.3 is 30.6 Å². The predicted molar refractivity (Wildman–Crippen MR) is 126 cm³/mol. The molecular weight excluding hydrogens is 442 g/mol. The zero-order valence-electron chi connectivity index (χ0n) is 19.0. The number of nitrogens with two attached hydrogens (primary N) is 1. The Balaban J connectivity index is 2.11. The van der Waals surface area contributed by atoms with E-state index in [2.05, 4.69) is 21.1 Å². The van der Waals surface area contributed by atoms with Crippen molar-refractivity contribution in [2.75, 3.05) is 19.8 Å². The summed E-state index contributed by atoms with van der Waals surface area (Å²) in [4.78, 5) is 40.4. The number of aliphatic carboxylic acids is 1. The summed E-state index contributed by atoms with van der Waals surface area (Å²) in [5, 5.41) is 14.5. The molecule has 6 N–H and O–H groups in total. The van der Waals surface area contributed by atoms with Crippen molar-refractivity contribution in [2.24, 2.45) is 10.8 Å². The molecule has 0 radical (unpaired) electrons. The van der Waals surface area contributed by atoms with Crippen LogP contribution in [-0.4, -0.2) is 49.0 Å². The van der Waals surface area contributed by atoms with Crippen LogP contribution < -0.4 is 31.4 Å². The van der Waals surface area contributed by atoms with Gasteiger partial charge in [0.15, 0.2) is 0 Å². The minimum Gasteiger partial charge on any atom is -0.494 e. The fourth-order valence-electron chi connectivity index (χ4n) is 3.07. The van der Waals surface area contributed by atoms with E-state index in [0.717, 1.165) is 0 Å². The van der Waals surface area contributed by atoms with Crippen LogP contribution in [0.2, 0.25) is 0 Å². The van der Waals surface area contributed by atoms with Gasteiger partial charge in [-0.15, -0.1) is 0 Å². The number of ether oxygens (including phenoxy) is 2. The second kappa shape index (κ2) is 13.4. The SMILES string of the molecule is CCOc1cc(OCC)cc(C(CC(=O)O)NC(=O)CNC(=O)c2cccc(N=CNN)c2)c1. The number of carbonyl (C=O) groups is 3. The van der Waals surface area contributed by atoms with Gasteiger partial charge in [-0.05, 0) is 49.7 Å². The zero-order chi connectivity index (χ0) is 24.9.